The minimum absolute atomic E-state index is 0.272. The average Bonchev–Trinajstić information content (AvgIpc) is 3.48. The Kier molecular flexibility index (Phi) is 6.60. The average molecular weight is 477 g/mol. The van der Waals surface area contributed by atoms with E-state index in [4.69, 9.17) is 16.3 Å². The van der Waals surface area contributed by atoms with E-state index in [9.17, 15) is 13.2 Å². The molecule has 0 spiro atoms. The number of benzene rings is 2. The first-order valence-electron chi connectivity index (χ1n) is 9.90. The summed E-state index contributed by atoms with van der Waals surface area (Å²) in [7, 11) is -3.37. The normalized spacial score (nSPS) is 15.5. The van der Waals surface area contributed by atoms with Gasteiger partial charge in [0.15, 0.2) is 15.0 Å². The number of aromatic nitrogens is 1. The van der Waals surface area contributed by atoms with Gasteiger partial charge >= 0.3 is 0 Å². The molecule has 3 aromatic rings. The maximum absolute atomic E-state index is 13.0. The third kappa shape index (κ3) is 5.08. The summed E-state index contributed by atoms with van der Waals surface area (Å²) in [5.74, 6) is 0.0580. The van der Waals surface area contributed by atoms with Gasteiger partial charge in [-0.2, -0.15) is 0 Å². The van der Waals surface area contributed by atoms with Gasteiger partial charge in [0, 0.05) is 22.2 Å². The quantitative estimate of drug-likeness (QED) is 0.502. The van der Waals surface area contributed by atoms with Crippen LogP contribution in [0, 0.1) is 0 Å². The van der Waals surface area contributed by atoms with Crippen LogP contribution in [-0.4, -0.2) is 24.6 Å². The zero-order chi connectivity index (χ0) is 21.8. The van der Waals surface area contributed by atoms with Gasteiger partial charge in [0.2, 0.25) is 6.10 Å². The molecule has 1 amide bonds. The largest absolute Gasteiger partial charge is 0.476 e. The SMILES string of the molecule is O=C(Nc1nccs1)C(Oc1ccc(Cl)cc1)c1ccc(S(=O)(=O)C2CCCC2)cc1. The number of sulfone groups is 1. The number of nitrogens with one attached hydrogen (secondary N) is 1. The van der Waals surface area contributed by atoms with Crippen molar-refractivity contribution in [3.05, 3.63) is 70.7 Å². The molecule has 1 N–H and O–H groups in total. The summed E-state index contributed by atoms with van der Waals surface area (Å²) in [6.45, 7) is 0. The van der Waals surface area contributed by atoms with Gasteiger partial charge in [0.05, 0.1) is 10.1 Å². The van der Waals surface area contributed by atoms with Gasteiger partial charge in [-0.3, -0.25) is 10.1 Å². The van der Waals surface area contributed by atoms with E-state index < -0.39 is 21.8 Å². The molecule has 1 aliphatic rings. The minimum Gasteiger partial charge on any atom is -0.476 e. The highest BCUT2D eigenvalue weighted by Crippen LogP contribution is 2.31. The Morgan fingerprint density at radius 1 is 1.10 bits per heavy atom. The molecule has 2 aromatic carbocycles. The number of thiazole rings is 1. The number of nitrogens with zero attached hydrogens (tertiary/aromatic N) is 1. The zero-order valence-corrected chi connectivity index (χ0v) is 18.9. The van der Waals surface area contributed by atoms with Crippen molar-refractivity contribution >= 4 is 43.8 Å². The summed E-state index contributed by atoms with van der Waals surface area (Å²) >= 11 is 7.23. The number of hydrogen-bond acceptors (Lipinski definition) is 6. The Hall–Kier alpha value is -2.42. The van der Waals surface area contributed by atoms with Gasteiger partial charge in [-0.25, -0.2) is 13.4 Å². The molecule has 1 heterocycles. The number of amides is 1. The molecular weight excluding hydrogens is 456 g/mol. The number of carbonyl (C=O) groups is 1. The molecule has 1 aromatic heterocycles. The van der Waals surface area contributed by atoms with Gasteiger partial charge in [-0.1, -0.05) is 36.6 Å². The summed E-state index contributed by atoms with van der Waals surface area (Å²) in [4.78, 5) is 17.3. The van der Waals surface area contributed by atoms with E-state index in [1.165, 1.54) is 11.3 Å². The van der Waals surface area contributed by atoms with E-state index >= 15 is 0 Å². The Morgan fingerprint density at radius 3 is 2.39 bits per heavy atom. The predicted octanol–water partition coefficient (Wildman–Crippen LogP) is 5.27. The molecule has 1 aliphatic carbocycles. The van der Waals surface area contributed by atoms with Crippen LogP contribution in [0.25, 0.3) is 0 Å². The molecule has 1 fully saturated rings. The molecule has 0 saturated heterocycles. The van der Waals surface area contributed by atoms with Crippen molar-refractivity contribution in [3.8, 4) is 5.75 Å². The Balaban J connectivity index is 1.60. The van der Waals surface area contributed by atoms with E-state index in [1.807, 2.05) is 0 Å². The highest BCUT2D eigenvalue weighted by molar-refractivity contribution is 7.92. The Bertz CT molecular complexity index is 1130. The van der Waals surface area contributed by atoms with Crippen LogP contribution in [0.4, 0.5) is 5.13 Å². The molecule has 31 heavy (non-hydrogen) atoms. The lowest BCUT2D eigenvalue weighted by molar-refractivity contribution is -0.123. The fraction of sp³-hybridized carbons (Fsp3) is 0.273. The topological polar surface area (TPSA) is 85.4 Å². The second-order valence-corrected chi connectivity index (χ2v) is 10.9. The molecule has 9 heteroatoms. The molecule has 162 valence electrons. The lowest BCUT2D eigenvalue weighted by atomic mass is 10.1. The van der Waals surface area contributed by atoms with Crippen molar-refractivity contribution in [1.29, 1.82) is 0 Å². The first-order chi connectivity index (χ1) is 14.9. The Morgan fingerprint density at radius 2 is 1.77 bits per heavy atom. The van der Waals surface area contributed by atoms with Crippen molar-refractivity contribution in [1.82, 2.24) is 4.98 Å². The van der Waals surface area contributed by atoms with E-state index in [0.717, 1.165) is 12.8 Å². The lowest BCUT2D eigenvalue weighted by Gasteiger charge is -2.19. The van der Waals surface area contributed by atoms with E-state index in [0.29, 0.717) is 34.3 Å². The van der Waals surface area contributed by atoms with Crippen molar-refractivity contribution < 1.29 is 17.9 Å². The van der Waals surface area contributed by atoms with Crippen LogP contribution in [-0.2, 0) is 14.6 Å². The Labute approximate surface area is 190 Å². The standard InChI is InChI=1S/C22H21ClN2O4S2/c23-16-7-9-17(10-8-16)29-20(21(26)25-22-24-13-14-30-22)15-5-11-19(12-6-15)31(27,28)18-3-1-2-4-18/h5-14,18,20H,1-4H2,(H,24,25,26). The van der Waals surface area contributed by atoms with Gasteiger partial charge < -0.3 is 4.74 Å². The number of ether oxygens (including phenoxy) is 1. The van der Waals surface area contributed by atoms with Crippen LogP contribution >= 0.6 is 22.9 Å². The molecule has 1 saturated carbocycles. The molecule has 4 rings (SSSR count). The van der Waals surface area contributed by atoms with Crippen molar-refractivity contribution in [2.45, 2.75) is 41.9 Å². The summed E-state index contributed by atoms with van der Waals surface area (Å²) in [6, 6.07) is 13.0. The van der Waals surface area contributed by atoms with Crippen LogP contribution in [0.5, 0.6) is 5.75 Å². The summed E-state index contributed by atoms with van der Waals surface area (Å²) < 4.78 is 31.7. The first-order valence-corrected chi connectivity index (χ1v) is 12.7. The lowest BCUT2D eigenvalue weighted by Crippen LogP contribution is -2.26. The zero-order valence-electron chi connectivity index (χ0n) is 16.5. The van der Waals surface area contributed by atoms with Crippen LogP contribution in [0.2, 0.25) is 5.02 Å². The summed E-state index contributed by atoms with van der Waals surface area (Å²) in [6.07, 6.45) is 3.88. The number of carbonyl (C=O) groups excluding carboxylic acids is 1. The summed E-state index contributed by atoms with van der Waals surface area (Å²) in [5.41, 5.74) is 0.536. The van der Waals surface area contributed by atoms with E-state index in [1.54, 1.807) is 60.1 Å². The van der Waals surface area contributed by atoms with Crippen LogP contribution in [0.1, 0.15) is 37.4 Å². The third-order valence-corrected chi connectivity index (χ3v) is 8.44. The molecule has 1 atom stereocenters. The number of rotatable bonds is 7. The molecule has 0 radical (unpaired) electrons. The van der Waals surface area contributed by atoms with E-state index in [2.05, 4.69) is 10.3 Å². The van der Waals surface area contributed by atoms with E-state index in [-0.39, 0.29) is 10.1 Å². The smallest absolute Gasteiger partial charge is 0.271 e. The van der Waals surface area contributed by atoms with Crippen LogP contribution < -0.4 is 10.1 Å². The number of anilines is 1. The summed E-state index contributed by atoms with van der Waals surface area (Å²) in [5, 5.41) is 5.18. The second-order valence-electron chi connectivity index (χ2n) is 7.30. The number of hydrogen-bond donors (Lipinski definition) is 1. The van der Waals surface area contributed by atoms with Crippen molar-refractivity contribution in [2.75, 3.05) is 5.32 Å². The maximum atomic E-state index is 13.0. The monoisotopic (exact) mass is 476 g/mol. The maximum Gasteiger partial charge on any atom is 0.271 e. The third-order valence-electron chi connectivity index (χ3n) is 5.22. The minimum atomic E-state index is -3.37. The molecule has 0 aliphatic heterocycles. The van der Waals surface area contributed by atoms with Crippen LogP contribution in [0.3, 0.4) is 0 Å². The first kappa shape index (κ1) is 21.8. The second kappa shape index (κ2) is 9.38. The predicted molar refractivity (Wildman–Crippen MR) is 121 cm³/mol. The van der Waals surface area contributed by atoms with Gasteiger partial charge in [0.1, 0.15) is 5.75 Å². The van der Waals surface area contributed by atoms with Gasteiger partial charge in [-0.05, 0) is 49.2 Å². The highest BCUT2D eigenvalue weighted by Gasteiger charge is 2.31. The van der Waals surface area contributed by atoms with Crippen molar-refractivity contribution in [2.24, 2.45) is 0 Å². The highest BCUT2D eigenvalue weighted by atomic mass is 35.5. The molecular formula is C22H21ClN2O4S2. The fourth-order valence-electron chi connectivity index (χ4n) is 3.60. The van der Waals surface area contributed by atoms with Crippen molar-refractivity contribution in [3.63, 3.8) is 0 Å². The van der Waals surface area contributed by atoms with Gasteiger partial charge in [-0.15, -0.1) is 11.3 Å². The molecule has 1 unspecified atom stereocenters. The number of halogens is 1. The van der Waals surface area contributed by atoms with Gasteiger partial charge in [0.25, 0.3) is 5.91 Å². The molecule has 6 nitrogen and oxygen atoms in total. The van der Waals surface area contributed by atoms with Crippen LogP contribution in [0.15, 0.2) is 65.0 Å². The molecule has 0 bridgehead atoms. The fourth-order valence-corrected chi connectivity index (χ4v) is 6.11.